The molecule has 0 bridgehead atoms. The first-order valence-corrected chi connectivity index (χ1v) is 9.07. The van der Waals surface area contributed by atoms with E-state index >= 15 is 0 Å². The van der Waals surface area contributed by atoms with E-state index in [1.165, 1.54) is 30.3 Å². The number of nitro benzene ring substituents is 1. The molecule has 2 aromatic carbocycles. The second kappa shape index (κ2) is 8.49. The molecule has 0 aliphatic heterocycles. The first kappa shape index (κ1) is 19.3. The molecule has 28 heavy (non-hydrogen) atoms. The molecule has 8 heteroatoms. The average molecular weight is 485 g/mol. The van der Waals surface area contributed by atoms with Crippen LogP contribution in [0.4, 0.5) is 11.4 Å². The van der Waals surface area contributed by atoms with Gasteiger partial charge in [-0.25, -0.2) is 0 Å². The fourth-order valence-electron chi connectivity index (χ4n) is 2.39. The van der Waals surface area contributed by atoms with Crippen LogP contribution in [0.3, 0.4) is 0 Å². The Morgan fingerprint density at radius 3 is 2.61 bits per heavy atom. The number of nitrogens with zero attached hydrogens (tertiary/aromatic N) is 2. The van der Waals surface area contributed by atoms with Crippen molar-refractivity contribution in [3.05, 3.63) is 85.7 Å². The number of furan rings is 1. The molecule has 0 fully saturated rings. The number of nitriles is 1. The van der Waals surface area contributed by atoms with Crippen LogP contribution in [0.25, 0.3) is 17.4 Å². The number of carbonyl (C=O) groups excluding carboxylic acids is 1. The minimum Gasteiger partial charge on any atom is -0.457 e. The van der Waals surface area contributed by atoms with Gasteiger partial charge in [0.15, 0.2) is 0 Å². The monoisotopic (exact) mass is 485 g/mol. The predicted molar refractivity (Wildman–Crippen MR) is 112 cm³/mol. The van der Waals surface area contributed by atoms with Crippen LogP contribution in [-0.4, -0.2) is 10.8 Å². The molecule has 0 aliphatic carbocycles. The first-order chi connectivity index (χ1) is 13.5. The number of carbonyl (C=O) groups is 1. The van der Waals surface area contributed by atoms with Gasteiger partial charge in [0.05, 0.1) is 4.92 Å². The van der Waals surface area contributed by atoms with Gasteiger partial charge in [-0.1, -0.05) is 18.2 Å². The van der Waals surface area contributed by atoms with Gasteiger partial charge in [-0.3, -0.25) is 14.9 Å². The summed E-state index contributed by atoms with van der Waals surface area (Å²) in [5.74, 6) is 0.272. The minimum absolute atomic E-state index is 0.159. The molecule has 1 heterocycles. The van der Waals surface area contributed by atoms with E-state index in [4.69, 9.17) is 4.42 Å². The maximum atomic E-state index is 12.3. The average Bonchev–Trinajstić information content (AvgIpc) is 3.15. The van der Waals surface area contributed by atoms with Crippen molar-refractivity contribution >= 4 is 45.9 Å². The van der Waals surface area contributed by atoms with Gasteiger partial charge in [-0.15, -0.1) is 0 Å². The molecular formula is C20H12IN3O4. The van der Waals surface area contributed by atoms with Gasteiger partial charge in [0.2, 0.25) is 0 Å². The van der Waals surface area contributed by atoms with E-state index in [0.717, 1.165) is 9.13 Å². The third-order valence-electron chi connectivity index (χ3n) is 3.72. The fourth-order valence-corrected chi connectivity index (χ4v) is 2.75. The second-order valence-corrected chi connectivity index (χ2v) is 6.89. The van der Waals surface area contributed by atoms with E-state index in [2.05, 4.69) is 27.9 Å². The van der Waals surface area contributed by atoms with Gasteiger partial charge in [-0.05, 0) is 52.9 Å². The van der Waals surface area contributed by atoms with E-state index in [-0.39, 0.29) is 16.9 Å². The van der Waals surface area contributed by atoms with Crippen LogP contribution in [0.1, 0.15) is 5.76 Å². The quantitative estimate of drug-likeness (QED) is 0.180. The Bertz CT molecular complexity index is 1110. The van der Waals surface area contributed by atoms with E-state index in [9.17, 15) is 20.2 Å². The van der Waals surface area contributed by atoms with E-state index < -0.39 is 10.8 Å². The molecule has 7 nitrogen and oxygen atoms in total. The third kappa shape index (κ3) is 4.63. The molecule has 0 saturated carbocycles. The zero-order valence-electron chi connectivity index (χ0n) is 14.3. The van der Waals surface area contributed by atoms with Crippen LogP contribution < -0.4 is 5.32 Å². The summed E-state index contributed by atoms with van der Waals surface area (Å²) < 4.78 is 6.79. The van der Waals surface area contributed by atoms with Gasteiger partial charge >= 0.3 is 0 Å². The summed E-state index contributed by atoms with van der Waals surface area (Å²) in [6.45, 7) is 0. The Balaban J connectivity index is 1.79. The zero-order valence-corrected chi connectivity index (χ0v) is 16.4. The van der Waals surface area contributed by atoms with E-state index in [1.807, 2.05) is 30.3 Å². The number of non-ortho nitro benzene ring substituents is 1. The lowest BCUT2D eigenvalue weighted by molar-refractivity contribution is -0.384. The van der Waals surface area contributed by atoms with Gasteiger partial charge < -0.3 is 9.73 Å². The number of nitrogens with one attached hydrogen (secondary N) is 1. The number of amides is 1. The molecule has 0 saturated heterocycles. The lowest BCUT2D eigenvalue weighted by Gasteiger charge is -2.03. The minimum atomic E-state index is -0.685. The summed E-state index contributed by atoms with van der Waals surface area (Å²) in [5.41, 5.74) is 0.752. The molecule has 0 aliphatic rings. The molecule has 138 valence electrons. The Hall–Kier alpha value is -3.45. The maximum absolute atomic E-state index is 12.3. The number of hydrogen-bond acceptors (Lipinski definition) is 5. The number of anilines is 1. The Morgan fingerprint density at radius 2 is 1.93 bits per heavy atom. The molecule has 0 radical (unpaired) electrons. The molecule has 0 spiro atoms. The SMILES string of the molecule is N#C/C(=C\c1ccc(-c2ccc(I)cc2)o1)C(=O)Nc1cccc([N+](=O)[O-])c1. The number of hydrogen-bond donors (Lipinski definition) is 1. The fraction of sp³-hybridized carbons (Fsp3) is 0. The molecule has 3 rings (SSSR count). The van der Waals surface area contributed by atoms with Crippen molar-refractivity contribution in [3.8, 4) is 17.4 Å². The molecule has 0 unspecified atom stereocenters. The van der Waals surface area contributed by atoms with Gasteiger partial charge in [0, 0.05) is 33.0 Å². The van der Waals surface area contributed by atoms with Crippen molar-refractivity contribution in [2.24, 2.45) is 0 Å². The van der Waals surface area contributed by atoms with E-state index in [0.29, 0.717) is 11.5 Å². The third-order valence-corrected chi connectivity index (χ3v) is 4.44. The highest BCUT2D eigenvalue weighted by Crippen LogP contribution is 2.24. The van der Waals surface area contributed by atoms with E-state index in [1.54, 1.807) is 12.1 Å². The Labute approximate surface area is 173 Å². The van der Waals surface area contributed by atoms with Crippen molar-refractivity contribution in [1.29, 1.82) is 5.26 Å². The van der Waals surface area contributed by atoms with Crippen LogP contribution in [0.15, 0.2) is 70.7 Å². The molecule has 1 aromatic heterocycles. The summed E-state index contributed by atoms with van der Waals surface area (Å²) >= 11 is 2.21. The normalized spacial score (nSPS) is 10.9. The van der Waals surface area contributed by atoms with Crippen LogP contribution in [0.5, 0.6) is 0 Å². The van der Waals surface area contributed by atoms with Crippen molar-refractivity contribution in [2.75, 3.05) is 5.32 Å². The van der Waals surface area contributed by atoms with Crippen LogP contribution in [-0.2, 0) is 4.79 Å². The maximum Gasteiger partial charge on any atom is 0.271 e. The summed E-state index contributed by atoms with van der Waals surface area (Å²) in [4.78, 5) is 22.6. The number of rotatable bonds is 5. The second-order valence-electron chi connectivity index (χ2n) is 5.64. The highest BCUT2D eigenvalue weighted by molar-refractivity contribution is 14.1. The zero-order chi connectivity index (χ0) is 20.1. The Morgan fingerprint density at radius 1 is 1.18 bits per heavy atom. The molecule has 1 amide bonds. The summed E-state index contributed by atoms with van der Waals surface area (Å²) in [6.07, 6.45) is 1.32. The van der Waals surface area contributed by atoms with Gasteiger partial charge in [0.25, 0.3) is 11.6 Å². The predicted octanol–water partition coefficient (Wildman–Crippen LogP) is 5.01. The van der Waals surface area contributed by atoms with Crippen molar-refractivity contribution in [3.63, 3.8) is 0 Å². The van der Waals surface area contributed by atoms with Crippen molar-refractivity contribution in [2.45, 2.75) is 0 Å². The highest BCUT2D eigenvalue weighted by atomic mass is 127. The van der Waals surface area contributed by atoms with Crippen molar-refractivity contribution in [1.82, 2.24) is 0 Å². The van der Waals surface area contributed by atoms with Crippen molar-refractivity contribution < 1.29 is 14.1 Å². The molecular weight excluding hydrogens is 473 g/mol. The smallest absolute Gasteiger partial charge is 0.271 e. The van der Waals surface area contributed by atoms with Crippen LogP contribution in [0, 0.1) is 25.0 Å². The van der Waals surface area contributed by atoms with Gasteiger partial charge in [-0.2, -0.15) is 5.26 Å². The van der Waals surface area contributed by atoms with Gasteiger partial charge in [0.1, 0.15) is 23.2 Å². The molecule has 1 N–H and O–H groups in total. The Kier molecular flexibility index (Phi) is 5.86. The number of benzene rings is 2. The van der Waals surface area contributed by atoms with Crippen LogP contribution in [0.2, 0.25) is 0 Å². The summed E-state index contributed by atoms with van der Waals surface area (Å²) in [5, 5.41) is 22.6. The first-order valence-electron chi connectivity index (χ1n) is 7.99. The standard InChI is InChI=1S/C20H12IN3O4/c21-15-6-4-13(5-7-15)19-9-8-18(28-19)10-14(12-22)20(25)23-16-2-1-3-17(11-16)24(26)27/h1-11H,(H,23,25)/b14-10+. The lowest BCUT2D eigenvalue weighted by Crippen LogP contribution is -2.13. The summed E-state index contributed by atoms with van der Waals surface area (Å²) in [6, 6.07) is 18.4. The lowest BCUT2D eigenvalue weighted by atomic mass is 10.2. The number of nitro groups is 1. The topological polar surface area (TPSA) is 109 Å². The largest absolute Gasteiger partial charge is 0.457 e. The highest BCUT2D eigenvalue weighted by Gasteiger charge is 2.13. The summed E-state index contributed by atoms with van der Waals surface area (Å²) in [7, 11) is 0. The molecule has 0 atom stereocenters. The number of halogens is 1. The molecule has 3 aromatic rings. The van der Waals surface area contributed by atoms with Crippen LogP contribution >= 0.6 is 22.6 Å².